The van der Waals surface area contributed by atoms with E-state index < -0.39 is 4.92 Å². The van der Waals surface area contributed by atoms with Crippen molar-refractivity contribution in [3.05, 3.63) is 46.1 Å². The summed E-state index contributed by atoms with van der Waals surface area (Å²) in [6, 6.07) is 6.23. The molecule has 0 aliphatic carbocycles. The van der Waals surface area contributed by atoms with Gasteiger partial charge in [-0.3, -0.25) is 10.1 Å². The number of hydrogen-bond acceptors (Lipinski definition) is 7. The molecule has 0 amide bonds. The Kier molecular flexibility index (Phi) is 3.67. The number of aromatic nitrogens is 2. The molecule has 0 saturated carbocycles. The lowest BCUT2D eigenvalue weighted by Gasteiger charge is -2.10. The fourth-order valence-electron chi connectivity index (χ4n) is 2.21. The lowest BCUT2D eigenvalue weighted by molar-refractivity contribution is -0.384. The first kappa shape index (κ1) is 14.9. The van der Waals surface area contributed by atoms with Crippen molar-refractivity contribution in [1.29, 1.82) is 0 Å². The van der Waals surface area contributed by atoms with E-state index in [1.165, 1.54) is 12.1 Å². The summed E-state index contributed by atoms with van der Waals surface area (Å²) in [4.78, 5) is 20.8. The second kappa shape index (κ2) is 5.65. The minimum absolute atomic E-state index is 0.137. The van der Waals surface area contributed by atoms with E-state index in [4.69, 9.17) is 4.42 Å². The highest BCUT2D eigenvalue weighted by atomic mass is 16.6. The molecule has 0 unspecified atom stereocenters. The van der Waals surface area contributed by atoms with Crippen LogP contribution >= 0.6 is 0 Å². The summed E-state index contributed by atoms with van der Waals surface area (Å²) in [5.41, 5.74) is 1.51. The first-order valence-corrected chi connectivity index (χ1v) is 6.82. The Bertz CT molecular complexity index is 871. The summed E-state index contributed by atoms with van der Waals surface area (Å²) < 4.78 is 5.66. The fraction of sp³-hybridized carbons (Fsp3) is 0.200. The molecule has 0 fully saturated rings. The van der Waals surface area contributed by atoms with Crippen LogP contribution in [0.15, 0.2) is 34.9 Å². The van der Waals surface area contributed by atoms with E-state index in [9.17, 15) is 15.2 Å². The molecule has 0 atom stereocenters. The summed E-state index contributed by atoms with van der Waals surface area (Å²) >= 11 is 0. The number of nitrogens with zero attached hydrogens (tertiary/aromatic N) is 4. The van der Waals surface area contributed by atoms with Crippen LogP contribution in [0.2, 0.25) is 0 Å². The number of nitro benzene ring substituents is 1. The van der Waals surface area contributed by atoms with Crippen LogP contribution in [0.4, 0.5) is 11.5 Å². The van der Waals surface area contributed by atoms with Crippen LogP contribution in [0.1, 0.15) is 5.56 Å². The zero-order chi connectivity index (χ0) is 16.6. The Balaban J connectivity index is 2.10. The van der Waals surface area contributed by atoms with Crippen molar-refractivity contribution in [1.82, 2.24) is 9.97 Å². The van der Waals surface area contributed by atoms with E-state index in [1.54, 1.807) is 12.3 Å². The Hall–Kier alpha value is -3.00. The number of oxazole rings is 1. The van der Waals surface area contributed by atoms with Gasteiger partial charge < -0.3 is 14.4 Å². The van der Waals surface area contributed by atoms with Crippen molar-refractivity contribution in [3.8, 4) is 11.5 Å². The van der Waals surface area contributed by atoms with Gasteiger partial charge >= 0.3 is 0 Å². The number of aliphatic hydroxyl groups is 1. The van der Waals surface area contributed by atoms with E-state index in [-0.39, 0.29) is 12.3 Å². The predicted molar refractivity (Wildman–Crippen MR) is 84.1 cm³/mol. The molecule has 0 aliphatic heterocycles. The molecule has 23 heavy (non-hydrogen) atoms. The van der Waals surface area contributed by atoms with Gasteiger partial charge in [-0.1, -0.05) is 0 Å². The zero-order valence-corrected chi connectivity index (χ0v) is 12.6. The molecule has 0 radical (unpaired) electrons. The van der Waals surface area contributed by atoms with Gasteiger partial charge in [0.15, 0.2) is 5.58 Å². The van der Waals surface area contributed by atoms with Gasteiger partial charge in [0, 0.05) is 38.0 Å². The summed E-state index contributed by atoms with van der Waals surface area (Å²) in [5, 5.41) is 20.3. The number of nitro groups is 1. The van der Waals surface area contributed by atoms with Crippen LogP contribution in [0.5, 0.6) is 0 Å². The fourth-order valence-corrected chi connectivity index (χ4v) is 2.21. The van der Waals surface area contributed by atoms with Crippen LogP contribution in [-0.2, 0) is 6.61 Å². The predicted octanol–water partition coefficient (Wildman–Crippen LogP) is 2.36. The van der Waals surface area contributed by atoms with E-state index in [0.29, 0.717) is 28.1 Å². The Morgan fingerprint density at radius 3 is 2.70 bits per heavy atom. The molecule has 3 aromatic rings. The van der Waals surface area contributed by atoms with E-state index in [0.717, 1.165) is 5.82 Å². The van der Waals surface area contributed by atoms with Crippen molar-refractivity contribution in [2.24, 2.45) is 0 Å². The molecule has 0 aliphatic rings. The van der Waals surface area contributed by atoms with Crippen molar-refractivity contribution in [3.63, 3.8) is 0 Å². The largest absolute Gasteiger partial charge is 0.436 e. The number of aliphatic hydroxyl groups excluding tert-OH is 1. The Morgan fingerprint density at radius 2 is 2.13 bits per heavy atom. The maximum absolute atomic E-state index is 10.9. The molecule has 0 bridgehead atoms. The molecule has 3 rings (SSSR count). The second-order valence-corrected chi connectivity index (χ2v) is 5.19. The SMILES string of the molecule is CN(C)c1ccc(-c2nc3cc([N+](=O)[O-])cc(CO)c3o2)cn1. The van der Waals surface area contributed by atoms with Crippen molar-refractivity contribution in [2.75, 3.05) is 19.0 Å². The van der Waals surface area contributed by atoms with E-state index >= 15 is 0 Å². The highest BCUT2D eigenvalue weighted by Crippen LogP contribution is 2.30. The average Bonchev–Trinajstić information content (AvgIpc) is 2.97. The lowest BCUT2D eigenvalue weighted by Crippen LogP contribution is -2.09. The second-order valence-electron chi connectivity index (χ2n) is 5.19. The maximum Gasteiger partial charge on any atom is 0.272 e. The molecule has 2 aromatic heterocycles. The lowest BCUT2D eigenvalue weighted by atomic mass is 10.2. The van der Waals surface area contributed by atoms with Crippen LogP contribution in [-0.4, -0.2) is 34.1 Å². The van der Waals surface area contributed by atoms with Crippen molar-refractivity contribution < 1.29 is 14.4 Å². The van der Waals surface area contributed by atoms with Gasteiger partial charge in [-0.15, -0.1) is 0 Å². The maximum atomic E-state index is 10.9. The summed E-state index contributed by atoms with van der Waals surface area (Å²) in [7, 11) is 3.77. The minimum atomic E-state index is -0.527. The first-order valence-electron chi connectivity index (χ1n) is 6.82. The summed E-state index contributed by atoms with van der Waals surface area (Å²) in [6.07, 6.45) is 1.62. The normalized spacial score (nSPS) is 10.9. The summed E-state index contributed by atoms with van der Waals surface area (Å²) in [5.74, 6) is 1.09. The molecule has 1 N–H and O–H groups in total. The number of hydrogen-bond donors (Lipinski definition) is 1. The molecule has 2 heterocycles. The van der Waals surface area contributed by atoms with E-state index in [1.807, 2.05) is 25.1 Å². The van der Waals surface area contributed by atoms with Crippen LogP contribution < -0.4 is 4.90 Å². The highest BCUT2D eigenvalue weighted by Gasteiger charge is 2.17. The molecular weight excluding hydrogens is 300 g/mol. The average molecular weight is 314 g/mol. The quantitative estimate of drug-likeness (QED) is 0.582. The monoisotopic (exact) mass is 314 g/mol. The van der Waals surface area contributed by atoms with Crippen molar-refractivity contribution in [2.45, 2.75) is 6.61 Å². The topological polar surface area (TPSA) is 106 Å². The zero-order valence-electron chi connectivity index (χ0n) is 12.6. The third-order valence-electron chi connectivity index (χ3n) is 3.39. The Morgan fingerprint density at radius 1 is 1.35 bits per heavy atom. The van der Waals surface area contributed by atoms with E-state index in [2.05, 4.69) is 9.97 Å². The molecule has 1 aromatic carbocycles. The molecule has 0 saturated heterocycles. The summed E-state index contributed by atoms with van der Waals surface area (Å²) in [6.45, 7) is -0.370. The highest BCUT2D eigenvalue weighted by molar-refractivity contribution is 5.82. The first-order chi connectivity index (χ1) is 11.0. The van der Waals surface area contributed by atoms with Gasteiger partial charge in [0.25, 0.3) is 5.69 Å². The number of anilines is 1. The van der Waals surface area contributed by atoms with Gasteiger partial charge in [-0.05, 0) is 12.1 Å². The van der Waals surface area contributed by atoms with Crippen LogP contribution in [0.3, 0.4) is 0 Å². The number of non-ortho nitro benzene ring substituents is 1. The third kappa shape index (κ3) is 2.71. The van der Waals surface area contributed by atoms with Gasteiger partial charge in [-0.25, -0.2) is 9.97 Å². The Labute approximate surface area is 131 Å². The molecule has 118 valence electrons. The van der Waals surface area contributed by atoms with Gasteiger partial charge in [-0.2, -0.15) is 0 Å². The minimum Gasteiger partial charge on any atom is -0.436 e. The van der Waals surface area contributed by atoms with Gasteiger partial charge in [0.05, 0.1) is 17.1 Å². The van der Waals surface area contributed by atoms with Crippen LogP contribution in [0.25, 0.3) is 22.6 Å². The van der Waals surface area contributed by atoms with Gasteiger partial charge in [0.2, 0.25) is 5.89 Å². The number of benzene rings is 1. The van der Waals surface area contributed by atoms with Crippen molar-refractivity contribution >= 4 is 22.6 Å². The third-order valence-corrected chi connectivity index (χ3v) is 3.39. The molecule has 8 nitrogen and oxygen atoms in total. The molecular formula is C15H14N4O4. The smallest absolute Gasteiger partial charge is 0.272 e. The number of pyridine rings is 1. The number of rotatable bonds is 4. The van der Waals surface area contributed by atoms with Gasteiger partial charge in [0.1, 0.15) is 11.3 Å². The standard InChI is InChI=1S/C15H14N4O4/c1-18(2)13-4-3-9(7-16-13)15-17-12-6-11(19(21)22)5-10(8-20)14(12)23-15/h3-7,20H,8H2,1-2H3. The molecule has 8 heteroatoms. The number of fused-ring (bicyclic) bond motifs is 1. The van der Waals surface area contributed by atoms with Crippen LogP contribution in [0, 0.1) is 10.1 Å². The molecule has 0 spiro atoms.